The standard InChI is InChI=1S/C16H22FN5O4S/c1-3-10-22-15(18-19-20-22)12-26-16(23)5-4-11-21(2)27(24,25)14-8-6-13(17)7-9-14/h6-9H,3-5,10-12H2,1-2H3. The van der Waals surface area contributed by atoms with Crippen LogP contribution in [0.25, 0.3) is 0 Å². The van der Waals surface area contributed by atoms with Gasteiger partial charge in [-0.2, -0.15) is 0 Å². The smallest absolute Gasteiger partial charge is 0.306 e. The van der Waals surface area contributed by atoms with Gasteiger partial charge in [0.15, 0.2) is 12.4 Å². The van der Waals surface area contributed by atoms with Gasteiger partial charge in [-0.3, -0.25) is 4.79 Å². The third-order valence-corrected chi connectivity index (χ3v) is 5.65. The first kappa shape index (κ1) is 20.9. The molecule has 0 fully saturated rings. The number of esters is 1. The molecule has 0 amide bonds. The Morgan fingerprint density at radius 3 is 2.67 bits per heavy atom. The van der Waals surface area contributed by atoms with Gasteiger partial charge in [0.05, 0.1) is 4.90 Å². The molecule has 0 spiro atoms. The number of nitrogens with zero attached hydrogens (tertiary/aromatic N) is 5. The number of aromatic nitrogens is 4. The first-order valence-corrected chi connectivity index (χ1v) is 9.91. The topological polar surface area (TPSA) is 107 Å². The van der Waals surface area contributed by atoms with Gasteiger partial charge in [-0.25, -0.2) is 21.8 Å². The second-order valence-corrected chi connectivity index (χ2v) is 7.91. The quantitative estimate of drug-likeness (QED) is 0.555. The molecule has 0 saturated carbocycles. The van der Waals surface area contributed by atoms with Crippen LogP contribution in [0, 0.1) is 5.82 Å². The third-order valence-electron chi connectivity index (χ3n) is 3.78. The number of carbonyl (C=O) groups is 1. The molecule has 9 nitrogen and oxygen atoms in total. The first-order valence-electron chi connectivity index (χ1n) is 8.47. The lowest BCUT2D eigenvalue weighted by atomic mass is 10.3. The van der Waals surface area contributed by atoms with E-state index in [1.54, 1.807) is 4.68 Å². The molecule has 0 aliphatic heterocycles. The van der Waals surface area contributed by atoms with E-state index in [9.17, 15) is 17.6 Å². The van der Waals surface area contributed by atoms with Gasteiger partial charge in [0.25, 0.3) is 0 Å². The first-order chi connectivity index (χ1) is 12.8. The zero-order valence-corrected chi connectivity index (χ0v) is 16.0. The van der Waals surface area contributed by atoms with Gasteiger partial charge in [-0.05, 0) is 47.5 Å². The number of hydrogen-bond acceptors (Lipinski definition) is 7. The van der Waals surface area contributed by atoms with Crippen molar-refractivity contribution >= 4 is 16.0 Å². The average molecular weight is 399 g/mol. The number of halogens is 1. The van der Waals surface area contributed by atoms with Gasteiger partial charge < -0.3 is 4.74 Å². The Morgan fingerprint density at radius 2 is 2.00 bits per heavy atom. The molecule has 0 atom stereocenters. The molecule has 1 heterocycles. The summed E-state index contributed by atoms with van der Waals surface area (Å²) in [6.07, 6.45) is 1.19. The number of carbonyl (C=O) groups excluding carboxylic acids is 1. The minimum Gasteiger partial charge on any atom is -0.457 e. The van der Waals surface area contributed by atoms with E-state index in [2.05, 4.69) is 15.5 Å². The lowest BCUT2D eigenvalue weighted by molar-refractivity contribution is -0.145. The molecule has 2 aromatic rings. The fraction of sp³-hybridized carbons (Fsp3) is 0.500. The van der Waals surface area contributed by atoms with Crippen molar-refractivity contribution in [3.63, 3.8) is 0 Å². The summed E-state index contributed by atoms with van der Waals surface area (Å²) in [7, 11) is -2.32. The van der Waals surface area contributed by atoms with Crippen LogP contribution in [-0.2, 0) is 32.7 Å². The molecule has 0 radical (unpaired) electrons. The summed E-state index contributed by atoms with van der Waals surface area (Å²) in [6.45, 7) is 2.71. The maximum atomic E-state index is 12.9. The highest BCUT2D eigenvalue weighted by molar-refractivity contribution is 7.89. The van der Waals surface area contributed by atoms with Crippen molar-refractivity contribution in [2.75, 3.05) is 13.6 Å². The number of tetrazole rings is 1. The van der Waals surface area contributed by atoms with Crippen LogP contribution in [0.3, 0.4) is 0 Å². The van der Waals surface area contributed by atoms with E-state index in [-0.39, 0.29) is 30.9 Å². The summed E-state index contributed by atoms with van der Waals surface area (Å²) >= 11 is 0. The highest BCUT2D eigenvalue weighted by atomic mass is 32.2. The SMILES string of the molecule is CCCn1nnnc1COC(=O)CCCN(C)S(=O)(=O)c1ccc(F)cc1. The third kappa shape index (κ3) is 5.79. The predicted molar refractivity (Wildman–Crippen MR) is 93.4 cm³/mol. The lowest BCUT2D eigenvalue weighted by Gasteiger charge is -2.16. The molecule has 1 aromatic carbocycles. The van der Waals surface area contributed by atoms with E-state index in [0.29, 0.717) is 12.4 Å². The largest absolute Gasteiger partial charge is 0.457 e. The minimum absolute atomic E-state index is 0.00302. The van der Waals surface area contributed by atoms with Crippen molar-refractivity contribution in [1.29, 1.82) is 0 Å². The van der Waals surface area contributed by atoms with Gasteiger partial charge in [0, 0.05) is 26.6 Å². The Kier molecular flexibility index (Phi) is 7.36. The van der Waals surface area contributed by atoms with Crippen LogP contribution in [0.2, 0.25) is 0 Å². The summed E-state index contributed by atoms with van der Waals surface area (Å²) in [5.41, 5.74) is 0. The van der Waals surface area contributed by atoms with Gasteiger partial charge in [0.1, 0.15) is 5.82 Å². The number of rotatable bonds is 10. The Labute approximate surface area is 157 Å². The van der Waals surface area contributed by atoms with Gasteiger partial charge in [-0.15, -0.1) is 5.10 Å². The lowest BCUT2D eigenvalue weighted by Crippen LogP contribution is -2.28. The summed E-state index contributed by atoms with van der Waals surface area (Å²) in [5.74, 6) is -0.515. The Morgan fingerprint density at radius 1 is 1.30 bits per heavy atom. The molecule has 2 rings (SSSR count). The van der Waals surface area contributed by atoms with Crippen molar-refractivity contribution in [3.05, 3.63) is 35.9 Å². The second kappa shape index (κ2) is 9.51. The van der Waals surface area contributed by atoms with E-state index in [1.807, 2.05) is 6.92 Å². The molecule has 1 aromatic heterocycles. The van der Waals surface area contributed by atoms with Gasteiger partial charge in [-0.1, -0.05) is 6.92 Å². The molecule has 0 N–H and O–H groups in total. The van der Waals surface area contributed by atoms with E-state index < -0.39 is 21.8 Å². The van der Waals surface area contributed by atoms with Crippen molar-refractivity contribution in [3.8, 4) is 0 Å². The summed E-state index contributed by atoms with van der Waals surface area (Å²) in [6, 6.07) is 4.58. The molecular formula is C16H22FN5O4S. The fourth-order valence-corrected chi connectivity index (χ4v) is 3.49. The van der Waals surface area contributed by atoms with Crippen LogP contribution in [0.4, 0.5) is 4.39 Å². The summed E-state index contributed by atoms with van der Waals surface area (Å²) in [5, 5.41) is 11.1. The van der Waals surface area contributed by atoms with Crippen molar-refractivity contribution in [2.45, 2.75) is 44.2 Å². The molecule has 148 valence electrons. The molecule has 0 saturated heterocycles. The van der Waals surface area contributed by atoms with Crippen molar-refractivity contribution < 1.29 is 22.3 Å². The van der Waals surface area contributed by atoms with E-state index in [1.165, 1.54) is 19.2 Å². The van der Waals surface area contributed by atoms with E-state index in [0.717, 1.165) is 22.9 Å². The van der Waals surface area contributed by atoms with Crippen LogP contribution >= 0.6 is 0 Å². The minimum atomic E-state index is -3.73. The van der Waals surface area contributed by atoms with Crippen molar-refractivity contribution in [2.24, 2.45) is 0 Å². The highest BCUT2D eigenvalue weighted by Gasteiger charge is 2.20. The Balaban J connectivity index is 1.78. The average Bonchev–Trinajstić information content (AvgIpc) is 3.07. The number of benzene rings is 1. The van der Waals surface area contributed by atoms with Crippen LogP contribution in [-0.4, -0.2) is 52.5 Å². The van der Waals surface area contributed by atoms with E-state index >= 15 is 0 Å². The zero-order chi connectivity index (χ0) is 19.9. The highest BCUT2D eigenvalue weighted by Crippen LogP contribution is 2.15. The van der Waals surface area contributed by atoms with Crippen LogP contribution < -0.4 is 0 Å². The molecule has 0 bridgehead atoms. The van der Waals surface area contributed by atoms with Gasteiger partial charge in [0.2, 0.25) is 10.0 Å². The second-order valence-electron chi connectivity index (χ2n) is 5.86. The van der Waals surface area contributed by atoms with Crippen LogP contribution in [0.5, 0.6) is 0 Å². The summed E-state index contributed by atoms with van der Waals surface area (Å²) in [4.78, 5) is 11.8. The van der Waals surface area contributed by atoms with Gasteiger partial charge >= 0.3 is 5.97 Å². The molecule has 0 aliphatic rings. The van der Waals surface area contributed by atoms with E-state index in [4.69, 9.17) is 4.74 Å². The number of sulfonamides is 1. The number of ether oxygens (including phenoxy) is 1. The molecule has 11 heteroatoms. The Hall–Kier alpha value is -2.40. The number of aryl methyl sites for hydroxylation is 1. The molecule has 27 heavy (non-hydrogen) atoms. The molecular weight excluding hydrogens is 377 g/mol. The van der Waals surface area contributed by atoms with Crippen LogP contribution in [0.15, 0.2) is 29.2 Å². The predicted octanol–water partition coefficient (Wildman–Crippen LogP) is 1.37. The molecule has 0 aliphatic carbocycles. The van der Waals surface area contributed by atoms with Crippen LogP contribution in [0.1, 0.15) is 32.0 Å². The molecule has 0 unspecified atom stereocenters. The monoisotopic (exact) mass is 399 g/mol. The normalized spacial score (nSPS) is 11.7. The maximum Gasteiger partial charge on any atom is 0.306 e. The Bertz CT molecular complexity index is 854. The van der Waals surface area contributed by atoms with Crippen molar-refractivity contribution in [1.82, 2.24) is 24.5 Å². The number of hydrogen-bond donors (Lipinski definition) is 0. The zero-order valence-electron chi connectivity index (χ0n) is 15.2. The summed E-state index contributed by atoms with van der Waals surface area (Å²) < 4.78 is 45.5. The maximum absolute atomic E-state index is 12.9. The fourth-order valence-electron chi connectivity index (χ4n) is 2.28.